The first-order chi connectivity index (χ1) is 10.3. The highest BCUT2D eigenvalue weighted by Crippen LogP contribution is 2.16. The molecular formula is C16H19N3O3. The van der Waals surface area contributed by atoms with E-state index in [1.807, 2.05) is 25.3 Å². The van der Waals surface area contributed by atoms with Crippen molar-refractivity contribution in [3.8, 4) is 5.69 Å². The lowest BCUT2D eigenvalue weighted by atomic mass is 9.94. The van der Waals surface area contributed by atoms with E-state index in [4.69, 9.17) is 5.11 Å². The molecule has 1 aromatic heterocycles. The summed E-state index contributed by atoms with van der Waals surface area (Å²) in [4.78, 5) is 23.2. The van der Waals surface area contributed by atoms with E-state index >= 15 is 0 Å². The Balaban J connectivity index is 2.12. The average molecular weight is 301 g/mol. The lowest BCUT2D eigenvalue weighted by Gasteiger charge is -2.19. The SMILES string of the molecule is Cc1cc(C(=O)NCC(C)(C)C(=O)O)ccc1-n1cccn1. The van der Waals surface area contributed by atoms with Crippen LogP contribution in [0.2, 0.25) is 0 Å². The Hall–Kier alpha value is -2.63. The van der Waals surface area contributed by atoms with Crippen LogP contribution in [0.4, 0.5) is 0 Å². The summed E-state index contributed by atoms with van der Waals surface area (Å²) in [5.74, 6) is -1.23. The number of carboxylic acid groups (broad SMARTS) is 1. The highest BCUT2D eigenvalue weighted by atomic mass is 16.4. The molecule has 0 unspecified atom stereocenters. The summed E-state index contributed by atoms with van der Waals surface area (Å²) in [6, 6.07) is 7.11. The Labute approximate surface area is 128 Å². The lowest BCUT2D eigenvalue weighted by molar-refractivity contribution is -0.146. The average Bonchev–Trinajstić information content (AvgIpc) is 2.98. The standard InChI is InChI=1S/C16H19N3O3/c1-11-9-12(5-6-13(11)19-8-4-7-18-19)14(20)17-10-16(2,3)15(21)22/h4-9H,10H2,1-3H3,(H,17,20)(H,21,22). The van der Waals surface area contributed by atoms with Crippen molar-refractivity contribution in [1.29, 1.82) is 0 Å². The second-order valence-electron chi connectivity index (χ2n) is 5.82. The van der Waals surface area contributed by atoms with Crippen LogP contribution in [0.25, 0.3) is 5.69 Å². The van der Waals surface area contributed by atoms with Crippen LogP contribution in [0.15, 0.2) is 36.7 Å². The summed E-state index contributed by atoms with van der Waals surface area (Å²) in [5.41, 5.74) is 1.30. The van der Waals surface area contributed by atoms with Gasteiger partial charge in [-0.25, -0.2) is 4.68 Å². The lowest BCUT2D eigenvalue weighted by Crippen LogP contribution is -2.38. The van der Waals surface area contributed by atoms with E-state index < -0.39 is 11.4 Å². The van der Waals surface area contributed by atoms with Gasteiger partial charge in [0.2, 0.25) is 0 Å². The van der Waals surface area contributed by atoms with Crippen molar-refractivity contribution in [2.24, 2.45) is 5.41 Å². The highest BCUT2D eigenvalue weighted by molar-refractivity contribution is 5.95. The van der Waals surface area contributed by atoms with Crippen molar-refractivity contribution < 1.29 is 14.7 Å². The number of carboxylic acids is 1. The smallest absolute Gasteiger partial charge is 0.310 e. The minimum absolute atomic E-state index is 0.0706. The number of aliphatic carboxylic acids is 1. The predicted octanol–water partition coefficient (Wildman–Crippen LogP) is 2.02. The first-order valence-corrected chi connectivity index (χ1v) is 6.93. The summed E-state index contributed by atoms with van der Waals surface area (Å²) < 4.78 is 1.73. The number of carbonyl (C=O) groups excluding carboxylic acids is 1. The number of amides is 1. The summed E-state index contributed by atoms with van der Waals surface area (Å²) in [6.07, 6.45) is 3.52. The zero-order chi connectivity index (χ0) is 16.3. The minimum Gasteiger partial charge on any atom is -0.481 e. The van der Waals surface area contributed by atoms with Crippen LogP contribution in [0.1, 0.15) is 29.8 Å². The summed E-state index contributed by atoms with van der Waals surface area (Å²) in [7, 11) is 0. The molecule has 0 saturated heterocycles. The normalized spacial score (nSPS) is 11.2. The maximum atomic E-state index is 12.1. The molecular weight excluding hydrogens is 282 g/mol. The van der Waals surface area contributed by atoms with Crippen molar-refractivity contribution >= 4 is 11.9 Å². The zero-order valence-electron chi connectivity index (χ0n) is 12.8. The third-order valence-electron chi connectivity index (χ3n) is 3.48. The molecule has 0 fully saturated rings. The first kappa shape index (κ1) is 15.8. The van der Waals surface area contributed by atoms with Gasteiger partial charge in [-0.05, 0) is 50.6 Å². The van der Waals surface area contributed by atoms with Gasteiger partial charge in [-0.3, -0.25) is 9.59 Å². The maximum absolute atomic E-state index is 12.1. The van der Waals surface area contributed by atoms with Crippen molar-refractivity contribution in [3.05, 3.63) is 47.8 Å². The molecule has 0 spiro atoms. The number of nitrogens with one attached hydrogen (secondary N) is 1. The number of hydrogen-bond acceptors (Lipinski definition) is 3. The molecule has 0 aliphatic carbocycles. The number of aromatic nitrogens is 2. The fraction of sp³-hybridized carbons (Fsp3) is 0.312. The molecule has 0 radical (unpaired) electrons. The molecule has 2 aromatic rings. The van der Waals surface area contributed by atoms with Gasteiger partial charge in [0.15, 0.2) is 0 Å². The van der Waals surface area contributed by atoms with Gasteiger partial charge >= 0.3 is 5.97 Å². The number of benzene rings is 1. The zero-order valence-corrected chi connectivity index (χ0v) is 12.8. The predicted molar refractivity (Wildman–Crippen MR) is 82.1 cm³/mol. The monoisotopic (exact) mass is 301 g/mol. The van der Waals surface area contributed by atoms with Gasteiger partial charge < -0.3 is 10.4 Å². The third kappa shape index (κ3) is 3.33. The second kappa shape index (κ2) is 6.01. The molecule has 2 N–H and O–H groups in total. The number of carbonyl (C=O) groups is 2. The Morgan fingerprint density at radius 2 is 2.09 bits per heavy atom. The van der Waals surface area contributed by atoms with Gasteiger partial charge in [-0.15, -0.1) is 0 Å². The largest absolute Gasteiger partial charge is 0.481 e. The molecule has 6 nitrogen and oxygen atoms in total. The second-order valence-corrected chi connectivity index (χ2v) is 5.82. The van der Waals surface area contributed by atoms with Gasteiger partial charge in [0.1, 0.15) is 0 Å². The van der Waals surface area contributed by atoms with Crippen LogP contribution < -0.4 is 5.32 Å². The van der Waals surface area contributed by atoms with Crippen molar-refractivity contribution in [3.63, 3.8) is 0 Å². The fourth-order valence-corrected chi connectivity index (χ4v) is 1.94. The molecule has 2 rings (SSSR count). The highest BCUT2D eigenvalue weighted by Gasteiger charge is 2.27. The molecule has 0 bridgehead atoms. The van der Waals surface area contributed by atoms with E-state index in [1.54, 1.807) is 36.9 Å². The van der Waals surface area contributed by atoms with Gasteiger partial charge in [-0.1, -0.05) is 0 Å². The van der Waals surface area contributed by atoms with E-state index in [2.05, 4.69) is 10.4 Å². The van der Waals surface area contributed by atoms with E-state index in [0.717, 1.165) is 11.3 Å². The summed E-state index contributed by atoms with van der Waals surface area (Å²) >= 11 is 0. The van der Waals surface area contributed by atoms with E-state index in [0.29, 0.717) is 5.56 Å². The number of nitrogens with zero attached hydrogens (tertiary/aromatic N) is 2. The topological polar surface area (TPSA) is 84.2 Å². The Kier molecular flexibility index (Phi) is 4.30. The first-order valence-electron chi connectivity index (χ1n) is 6.93. The molecule has 0 atom stereocenters. The number of hydrogen-bond donors (Lipinski definition) is 2. The summed E-state index contributed by atoms with van der Waals surface area (Å²) in [6.45, 7) is 5.11. The van der Waals surface area contributed by atoms with E-state index in [9.17, 15) is 9.59 Å². The van der Waals surface area contributed by atoms with Gasteiger partial charge in [0.25, 0.3) is 5.91 Å². The Morgan fingerprint density at radius 3 is 2.64 bits per heavy atom. The number of aryl methyl sites for hydroxylation is 1. The van der Waals surface area contributed by atoms with Crippen molar-refractivity contribution in [2.45, 2.75) is 20.8 Å². The molecule has 116 valence electrons. The molecule has 6 heteroatoms. The maximum Gasteiger partial charge on any atom is 0.310 e. The molecule has 22 heavy (non-hydrogen) atoms. The van der Waals surface area contributed by atoms with Crippen LogP contribution in [0.3, 0.4) is 0 Å². The van der Waals surface area contributed by atoms with Crippen LogP contribution in [0, 0.1) is 12.3 Å². The van der Waals surface area contributed by atoms with Crippen molar-refractivity contribution in [1.82, 2.24) is 15.1 Å². The number of rotatable bonds is 5. The van der Waals surface area contributed by atoms with Crippen LogP contribution in [0.5, 0.6) is 0 Å². The summed E-state index contributed by atoms with van der Waals surface area (Å²) in [5, 5.41) is 15.9. The van der Waals surface area contributed by atoms with E-state index in [-0.39, 0.29) is 12.5 Å². The molecule has 1 amide bonds. The van der Waals surface area contributed by atoms with E-state index in [1.165, 1.54) is 0 Å². The van der Waals surface area contributed by atoms with Gasteiger partial charge in [0.05, 0.1) is 11.1 Å². The molecule has 0 aliphatic rings. The molecule has 1 heterocycles. The molecule has 0 saturated carbocycles. The third-order valence-corrected chi connectivity index (χ3v) is 3.48. The van der Waals surface area contributed by atoms with Crippen LogP contribution in [-0.4, -0.2) is 33.3 Å². The molecule has 1 aromatic carbocycles. The van der Waals surface area contributed by atoms with Crippen LogP contribution >= 0.6 is 0 Å². The fourth-order valence-electron chi connectivity index (χ4n) is 1.94. The Morgan fingerprint density at radius 1 is 1.36 bits per heavy atom. The van der Waals surface area contributed by atoms with Crippen molar-refractivity contribution in [2.75, 3.05) is 6.54 Å². The van der Waals surface area contributed by atoms with Crippen LogP contribution in [-0.2, 0) is 4.79 Å². The molecule has 0 aliphatic heterocycles. The minimum atomic E-state index is -1.00. The van der Waals surface area contributed by atoms with Gasteiger partial charge in [0, 0.05) is 24.5 Å². The Bertz CT molecular complexity index is 691. The quantitative estimate of drug-likeness (QED) is 0.885. The van der Waals surface area contributed by atoms with Gasteiger partial charge in [-0.2, -0.15) is 5.10 Å².